The van der Waals surface area contributed by atoms with E-state index in [1.54, 1.807) is 6.33 Å². The van der Waals surface area contributed by atoms with Gasteiger partial charge >= 0.3 is 5.97 Å². The number of carboxylic acid groups (broad SMARTS) is 1. The molecule has 2 N–H and O–H groups in total. The Kier molecular flexibility index (Phi) is 3.12. The highest BCUT2D eigenvalue weighted by Crippen LogP contribution is 2.44. The van der Waals surface area contributed by atoms with Gasteiger partial charge in [0.05, 0.1) is 6.42 Å². The molecule has 0 radical (unpaired) electrons. The van der Waals surface area contributed by atoms with Crippen molar-refractivity contribution < 1.29 is 9.90 Å². The Morgan fingerprint density at radius 3 is 2.84 bits per heavy atom. The average molecular weight is 261 g/mol. The zero-order chi connectivity index (χ0) is 13.3. The predicted molar refractivity (Wildman–Crippen MR) is 71.1 cm³/mol. The lowest BCUT2D eigenvalue weighted by atomic mass is 9.66. The SMILES string of the molecule is O=C(O)CC1(CNc2ncnc3c2CCC3)CCC1. The minimum absolute atomic E-state index is 0.0672. The van der Waals surface area contributed by atoms with Gasteiger partial charge in [0, 0.05) is 17.8 Å². The zero-order valence-corrected chi connectivity index (χ0v) is 11.0. The first kappa shape index (κ1) is 12.4. The number of hydrogen-bond donors (Lipinski definition) is 2. The second-order valence-electron chi connectivity index (χ2n) is 5.78. The van der Waals surface area contributed by atoms with Crippen LogP contribution in [0.2, 0.25) is 0 Å². The van der Waals surface area contributed by atoms with Crippen LogP contribution in [0.25, 0.3) is 0 Å². The van der Waals surface area contributed by atoms with E-state index in [9.17, 15) is 4.79 Å². The molecule has 1 fully saturated rings. The van der Waals surface area contributed by atoms with Gasteiger partial charge in [-0.3, -0.25) is 4.79 Å². The minimum Gasteiger partial charge on any atom is -0.481 e. The number of nitrogens with zero attached hydrogens (tertiary/aromatic N) is 2. The summed E-state index contributed by atoms with van der Waals surface area (Å²) in [5.74, 6) is 0.216. The lowest BCUT2D eigenvalue weighted by molar-refractivity contribution is -0.141. The summed E-state index contributed by atoms with van der Waals surface area (Å²) in [6.07, 6.45) is 8.21. The van der Waals surface area contributed by atoms with Gasteiger partial charge in [0.1, 0.15) is 12.1 Å². The Bertz CT molecular complexity index is 497. The molecule has 3 rings (SSSR count). The highest BCUT2D eigenvalue weighted by molar-refractivity contribution is 5.68. The van der Waals surface area contributed by atoms with Crippen LogP contribution in [0.4, 0.5) is 5.82 Å². The maximum Gasteiger partial charge on any atom is 0.303 e. The molecule has 0 bridgehead atoms. The van der Waals surface area contributed by atoms with Crippen molar-refractivity contribution in [1.29, 1.82) is 0 Å². The van der Waals surface area contributed by atoms with E-state index >= 15 is 0 Å². The Balaban J connectivity index is 1.69. The quantitative estimate of drug-likeness (QED) is 0.848. The second kappa shape index (κ2) is 4.79. The standard InChI is InChI=1S/C14H19N3O2/c18-12(19)7-14(5-2-6-14)8-15-13-10-3-1-4-11(10)16-9-17-13/h9H,1-8H2,(H,18,19)(H,15,16,17). The lowest BCUT2D eigenvalue weighted by Gasteiger charge is -2.41. The first-order chi connectivity index (χ1) is 9.19. The van der Waals surface area contributed by atoms with Crippen molar-refractivity contribution >= 4 is 11.8 Å². The van der Waals surface area contributed by atoms with Crippen LogP contribution < -0.4 is 5.32 Å². The van der Waals surface area contributed by atoms with Crippen LogP contribution in [0, 0.1) is 5.41 Å². The molecule has 0 saturated heterocycles. The normalized spacial score (nSPS) is 19.6. The van der Waals surface area contributed by atoms with Crippen LogP contribution in [-0.2, 0) is 17.6 Å². The molecule has 1 aromatic heterocycles. The van der Waals surface area contributed by atoms with Crippen LogP contribution in [0.15, 0.2) is 6.33 Å². The minimum atomic E-state index is -0.700. The first-order valence-electron chi connectivity index (χ1n) is 6.97. The summed E-state index contributed by atoms with van der Waals surface area (Å²) in [5, 5.41) is 12.4. The fourth-order valence-electron chi connectivity index (χ4n) is 3.20. The Labute approximate surface area is 112 Å². The first-order valence-corrected chi connectivity index (χ1v) is 6.97. The summed E-state index contributed by atoms with van der Waals surface area (Å²) >= 11 is 0. The third-order valence-corrected chi connectivity index (χ3v) is 4.45. The third-order valence-electron chi connectivity index (χ3n) is 4.45. The van der Waals surface area contributed by atoms with Gasteiger partial charge in [-0.25, -0.2) is 9.97 Å². The molecule has 0 aliphatic heterocycles. The predicted octanol–water partition coefficient (Wildman–Crippen LogP) is 2.02. The summed E-state index contributed by atoms with van der Waals surface area (Å²) in [6, 6.07) is 0. The Morgan fingerprint density at radius 1 is 1.32 bits per heavy atom. The molecule has 5 nitrogen and oxygen atoms in total. The van der Waals surface area contributed by atoms with E-state index in [1.807, 2.05) is 0 Å². The Hall–Kier alpha value is -1.65. The van der Waals surface area contributed by atoms with Crippen molar-refractivity contribution in [3.8, 4) is 0 Å². The van der Waals surface area contributed by atoms with E-state index in [2.05, 4.69) is 15.3 Å². The smallest absolute Gasteiger partial charge is 0.303 e. The molecule has 0 aromatic carbocycles. The molecule has 102 valence electrons. The summed E-state index contributed by atoms with van der Waals surface area (Å²) in [4.78, 5) is 19.6. The van der Waals surface area contributed by atoms with Crippen molar-refractivity contribution in [2.24, 2.45) is 5.41 Å². The van der Waals surface area contributed by atoms with E-state index in [0.717, 1.165) is 50.0 Å². The van der Waals surface area contributed by atoms with Gasteiger partial charge in [0.15, 0.2) is 0 Å². The second-order valence-corrected chi connectivity index (χ2v) is 5.78. The van der Waals surface area contributed by atoms with E-state index in [1.165, 1.54) is 5.56 Å². The molecule has 1 heterocycles. The van der Waals surface area contributed by atoms with Gasteiger partial charge in [0.2, 0.25) is 0 Å². The van der Waals surface area contributed by atoms with Crippen LogP contribution in [0.1, 0.15) is 43.4 Å². The van der Waals surface area contributed by atoms with Gasteiger partial charge in [-0.1, -0.05) is 6.42 Å². The van der Waals surface area contributed by atoms with Crippen molar-refractivity contribution in [3.05, 3.63) is 17.6 Å². The molecule has 5 heteroatoms. The molecule has 1 saturated carbocycles. The van der Waals surface area contributed by atoms with E-state index in [-0.39, 0.29) is 11.8 Å². The molecule has 0 amide bonds. The molecule has 0 atom stereocenters. The van der Waals surface area contributed by atoms with E-state index in [0.29, 0.717) is 6.54 Å². The van der Waals surface area contributed by atoms with Crippen LogP contribution in [0.3, 0.4) is 0 Å². The molecule has 0 unspecified atom stereocenters. The third kappa shape index (κ3) is 2.41. The van der Waals surface area contributed by atoms with Gasteiger partial charge in [-0.05, 0) is 37.5 Å². The summed E-state index contributed by atoms with van der Waals surface area (Å²) < 4.78 is 0. The number of carboxylic acids is 1. The number of carbonyl (C=O) groups is 1. The van der Waals surface area contributed by atoms with Gasteiger partial charge < -0.3 is 10.4 Å². The number of rotatable bonds is 5. The van der Waals surface area contributed by atoms with Gasteiger partial charge in [0.25, 0.3) is 0 Å². The van der Waals surface area contributed by atoms with Crippen molar-refractivity contribution in [1.82, 2.24) is 9.97 Å². The molecular formula is C14H19N3O2. The fraction of sp³-hybridized carbons (Fsp3) is 0.643. The van der Waals surface area contributed by atoms with E-state index < -0.39 is 5.97 Å². The topological polar surface area (TPSA) is 75.1 Å². The summed E-state index contributed by atoms with van der Waals surface area (Å²) in [7, 11) is 0. The van der Waals surface area contributed by atoms with Crippen molar-refractivity contribution in [2.75, 3.05) is 11.9 Å². The van der Waals surface area contributed by atoms with Crippen LogP contribution >= 0.6 is 0 Å². The molecule has 1 aromatic rings. The van der Waals surface area contributed by atoms with Crippen LogP contribution in [0.5, 0.6) is 0 Å². The maximum absolute atomic E-state index is 11.0. The highest BCUT2D eigenvalue weighted by Gasteiger charge is 2.39. The van der Waals surface area contributed by atoms with Gasteiger partial charge in [-0.15, -0.1) is 0 Å². The maximum atomic E-state index is 11.0. The largest absolute Gasteiger partial charge is 0.481 e. The molecule has 0 spiro atoms. The number of fused-ring (bicyclic) bond motifs is 1. The monoisotopic (exact) mass is 261 g/mol. The van der Waals surface area contributed by atoms with Crippen molar-refractivity contribution in [3.63, 3.8) is 0 Å². The lowest BCUT2D eigenvalue weighted by Crippen LogP contribution is -2.38. The van der Waals surface area contributed by atoms with Crippen LogP contribution in [-0.4, -0.2) is 27.6 Å². The highest BCUT2D eigenvalue weighted by atomic mass is 16.4. The summed E-state index contributed by atoms with van der Waals surface area (Å²) in [6.45, 7) is 0.711. The number of hydrogen-bond acceptors (Lipinski definition) is 4. The fourth-order valence-corrected chi connectivity index (χ4v) is 3.20. The number of nitrogens with one attached hydrogen (secondary N) is 1. The number of aryl methyl sites for hydroxylation is 1. The van der Waals surface area contributed by atoms with E-state index in [4.69, 9.17) is 5.11 Å². The summed E-state index contributed by atoms with van der Waals surface area (Å²) in [5.41, 5.74) is 2.31. The number of aromatic nitrogens is 2. The molecular weight excluding hydrogens is 242 g/mol. The molecule has 2 aliphatic rings. The molecule has 2 aliphatic carbocycles. The number of aliphatic carboxylic acids is 1. The molecule has 19 heavy (non-hydrogen) atoms. The Morgan fingerprint density at radius 2 is 2.16 bits per heavy atom. The zero-order valence-electron chi connectivity index (χ0n) is 11.0. The van der Waals surface area contributed by atoms with Gasteiger partial charge in [-0.2, -0.15) is 0 Å². The number of anilines is 1. The van der Waals surface area contributed by atoms with Crippen molar-refractivity contribution in [2.45, 2.75) is 44.9 Å². The average Bonchev–Trinajstić information content (AvgIpc) is 2.80.